The molecule has 2 aromatic carbocycles. The SMILES string of the molecule is CC[C@@H](C)C(=O)N[C@H](C(=O)N1c2ncccc2C[C@@H]1C(=O)Nc1ccccc1Oc1ccccc1)C(C)C. The molecule has 0 radical (unpaired) electrons. The molecule has 2 heterocycles. The molecule has 4 rings (SSSR count). The smallest absolute Gasteiger partial charge is 0.251 e. The summed E-state index contributed by atoms with van der Waals surface area (Å²) >= 11 is 0. The number of benzene rings is 2. The zero-order valence-electron chi connectivity index (χ0n) is 22.2. The lowest BCUT2D eigenvalue weighted by Gasteiger charge is -2.31. The maximum Gasteiger partial charge on any atom is 0.251 e. The molecule has 0 saturated carbocycles. The molecule has 3 atom stereocenters. The predicted octanol–water partition coefficient (Wildman–Crippen LogP) is 4.96. The Kier molecular flexibility index (Phi) is 8.41. The molecular weight excluding hydrogens is 480 g/mol. The molecule has 198 valence electrons. The zero-order valence-corrected chi connectivity index (χ0v) is 22.2. The van der Waals surface area contributed by atoms with Crippen LogP contribution in [0.3, 0.4) is 0 Å². The van der Waals surface area contributed by atoms with Gasteiger partial charge in [0.15, 0.2) is 5.75 Å². The Labute approximate surface area is 223 Å². The van der Waals surface area contributed by atoms with Crippen molar-refractivity contribution in [3.05, 3.63) is 78.5 Å². The van der Waals surface area contributed by atoms with Crippen LogP contribution in [0.25, 0.3) is 0 Å². The van der Waals surface area contributed by atoms with E-state index >= 15 is 0 Å². The highest BCUT2D eigenvalue weighted by molar-refractivity contribution is 6.09. The second-order valence-electron chi connectivity index (χ2n) is 9.85. The first kappa shape index (κ1) is 26.9. The molecule has 1 aliphatic heterocycles. The first-order valence-electron chi connectivity index (χ1n) is 13.0. The maximum absolute atomic E-state index is 13.9. The van der Waals surface area contributed by atoms with Gasteiger partial charge in [0.2, 0.25) is 11.8 Å². The number of ether oxygens (including phenoxy) is 1. The summed E-state index contributed by atoms with van der Waals surface area (Å²) in [6.07, 6.45) is 2.57. The average Bonchev–Trinajstić information content (AvgIpc) is 3.32. The van der Waals surface area contributed by atoms with E-state index in [4.69, 9.17) is 4.74 Å². The Hall–Kier alpha value is -4.20. The highest BCUT2D eigenvalue weighted by Crippen LogP contribution is 2.34. The zero-order chi connectivity index (χ0) is 27.2. The normalized spacial score (nSPS) is 15.9. The van der Waals surface area contributed by atoms with Gasteiger partial charge in [0.25, 0.3) is 5.91 Å². The molecular formula is C30H34N4O4. The average molecular weight is 515 g/mol. The number of nitrogens with zero attached hydrogens (tertiary/aromatic N) is 2. The molecule has 0 saturated heterocycles. The largest absolute Gasteiger partial charge is 0.455 e. The highest BCUT2D eigenvalue weighted by Gasteiger charge is 2.43. The second-order valence-corrected chi connectivity index (χ2v) is 9.85. The summed E-state index contributed by atoms with van der Waals surface area (Å²) in [5.74, 6) is 0.238. The van der Waals surface area contributed by atoms with Crippen molar-refractivity contribution >= 4 is 29.2 Å². The molecule has 0 unspecified atom stereocenters. The number of hydrogen-bond acceptors (Lipinski definition) is 5. The van der Waals surface area contributed by atoms with Crippen LogP contribution in [0.2, 0.25) is 0 Å². The Balaban J connectivity index is 1.61. The van der Waals surface area contributed by atoms with Crippen LogP contribution in [0.5, 0.6) is 11.5 Å². The van der Waals surface area contributed by atoms with Gasteiger partial charge in [-0.05, 0) is 48.2 Å². The van der Waals surface area contributed by atoms with Crippen LogP contribution in [0.1, 0.15) is 39.7 Å². The van der Waals surface area contributed by atoms with Crippen LogP contribution in [0.4, 0.5) is 11.5 Å². The van der Waals surface area contributed by atoms with E-state index in [1.807, 2.05) is 70.2 Å². The van der Waals surface area contributed by atoms with Gasteiger partial charge in [-0.3, -0.25) is 19.3 Å². The van der Waals surface area contributed by atoms with Crippen molar-refractivity contribution in [3.63, 3.8) is 0 Å². The lowest BCUT2D eigenvalue weighted by molar-refractivity contribution is -0.131. The summed E-state index contributed by atoms with van der Waals surface area (Å²) in [7, 11) is 0. The summed E-state index contributed by atoms with van der Waals surface area (Å²) < 4.78 is 6.00. The van der Waals surface area contributed by atoms with E-state index in [0.717, 1.165) is 5.56 Å². The van der Waals surface area contributed by atoms with Crippen LogP contribution in [0, 0.1) is 11.8 Å². The molecule has 1 aliphatic rings. The fourth-order valence-corrected chi connectivity index (χ4v) is 4.36. The van der Waals surface area contributed by atoms with Crippen LogP contribution >= 0.6 is 0 Å². The number of rotatable bonds is 9. The Bertz CT molecular complexity index is 1290. The van der Waals surface area contributed by atoms with E-state index in [-0.39, 0.29) is 29.6 Å². The summed E-state index contributed by atoms with van der Waals surface area (Å²) in [5.41, 5.74) is 1.29. The second kappa shape index (κ2) is 11.9. The number of fused-ring (bicyclic) bond motifs is 1. The summed E-state index contributed by atoms with van der Waals surface area (Å²) in [4.78, 5) is 46.2. The van der Waals surface area contributed by atoms with Crippen molar-refractivity contribution in [2.75, 3.05) is 10.2 Å². The minimum Gasteiger partial charge on any atom is -0.455 e. The van der Waals surface area contributed by atoms with Gasteiger partial charge in [0, 0.05) is 18.5 Å². The summed E-state index contributed by atoms with van der Waals surface area (Å²) in [6.45, 7) is 7.51. The van der Waals surface area contributed by atoms with Crippen molar-refractivity contribution in [1.29, 1.82) is 0 Å². The fraction of sp³-hybridized carbons (Fsp3) is 0.333. The van der Waals surface area contributed by atoms with Crippen molar-refractivity contribution < 1.29 is 19.1 Å². The number of nitrogens with one attached hydrogen (secondary N) is 2. The van der Waals surface area contributed by atoms with E-state index < -0.39 is 12.1 Å². The van der Waals surface area contributed by atoms with Crippen molar-refractivity contribution in [2.24, 2.45) is 11.8 Å². The van der Waals surface area contributed by atoms with Crippen LogP contribution in [-0.2, 0) is 20.8 Å². The number of para-hydroxylation sites is 3. The maximum atomic E-state index is 13.9. The molecule has 0 bridgehead atoms. The number of carbonyl (C=O) groups is 3. The highest BCUT2D eigenvalue weighted by atomic mass is 16.5. The Morgan fingerprint density at radius 2 is 1.71 bits per heavy atom. The number of amides is 3. The number of anilines is 2. The quantitative estimate of drug-likeness (QED) is 0.421. The van der Waals surface area contributed by atoms with Crippen LogP contribution in [0.15, 0.2) is 72.9 Å². The fourth-order valence-electron chi connectivity index (χ4n) is 4.36. The van der Waals surface area contributed by atoms with E-state index in [0.29, 0.717) is 35.8 Å². The molecule has 0 aliphatic carbocycles. The minimum atomic E-state index is -0.834. The number of aromatic nitrogens is 1. The van der Waals surface area contributed by atoms with Crippen LogP contribution in [-0.4, -0.2) is 34.8 Å². The molecule has 2 N–H and O–H groups in total. The topological polar surface area (TPSA) is 101 Å². The van der Waals surface area contributed by atoms with E-state index in [1.165, 1.54) is 4.90 Å². The predicted molar refractivity (Wildman–Crippen MR) is 147 cm³/mol. The Morgan fingerprint density at radius 1 is 1.00 bits per heavy atom. The van der Waals surface area contributed by atoms with Gasteiger partial charge in [-0.1, -0.05) is 64.1 Å². The third kappa shape index (κ3) is 5.85. The van der Waals surface area contributed by atoms with E-state index in [1.54, 1.807) is 30.5 Å². The standard InChI is InChI=1S/C30H34N4O4/c1-5-20(4)28(35)33-26(19(2)3)30(37)34-24(18-21-12-11-17-31-27(21)34)29(36)32-23-15-9-10-16-25(23)38-22-13-7-6-8-14-22/h6-17,19-20,24,26H,5,18H2,1-4H3,(H,32,36)(H,33,35)/t20-,24-,26+/m1/s1. The molecule has 0 fully saturated rings. The number of hydrogen-bond donors (Lipinski definition) is 2. The summed E-state index contributed by atoms with van der Waals surface area (Å²) in [5, 5.41) is 5.87. The number of carbonyl (C=O) groups excluding carboxylic acids is 3. The van der Waals surface area contributed by atoms with E-state index in [9.17, 15) is 14.4 Å². The monoisotopic (exact) mass is 514 g/mol. The van der Waals surface area contributed by atoms with E-state index in [2.05, 4.69) is 15.6 Å². The van der Waals surface area contributed by atoms with Crippen molar-refractivity contribution in [2.45, 2.75) is 52.6 Å². The molecule has 8 nitrogen and oxygen atoms in total. The van der Waals surface area contributed by atoms with Gasteiger partial charge in [0.1, 0.15) is 23.7 Å². The third-order valence-electron chi connectivity index (χ3n) is 6.77. The molecule has 3 amide bonds. The van der Waals surface area contributed by atoms with Crippen molar-refractivity contribution in [3.8, 4) is 11.5 Å². The summed E-state index contributed by atoms with van der Waals surface area (Å²) in [6, 6.07) is 18.5. The van der Waals surface area contributed by atoms with Gasteiger partial charge in [-0.15, -0.1) is 0 Å². The van der Waals surface area contributed by atoms with Gasteiger partial charge in [-0.25, -0.2) is 4.98 Å². The molecule has 1 aromatic heterocycles. The molecule has 3 aromatic rings. The first-order chi connectivity index (χ1) is 18.3. The van der Waals surface area contributed by atoms with Gasteiger partial charge < -0.3 is 15.4 Å². The van der Waals surface area contributed by atoms with Gasteiger partial charge in [-0.2, -0.15) is 0 Å². The molecule has 0 spiro atoms. The molecule has 8 heteroatoms. The van der Waals surface area contributed by atoms with Crippen LogP contribution < -0.4 is 20.3 Å². The third-order valence-corrected chi connectivity index (χ3v) is 6.77. The van der Waals surface area contributed by atoms with Gasteiger partial charge in [0.05, 0.1) is 5.69 Å². The lowest BCUT2D eigenvalue weighted by Crippen LogP contribution is -2.56. The van der Waals surface area contributed by atoms with Gasteiger partial charge >= 0.3 is 0 Å². The molecule has 38 heavy (non-hydrogen) atoms. The minimum absolute atomic E-state index is 0.187. The Morgan fingerprint density at radius 3 is 2.42 bits per heavy atom. The van der Waals surface area contributed by atoms with Crippen molar-refractivity contribution in [1.82, 2.24) is 10.3 Å². The number of pyridine rings is 1. The first-order valence-corrected chi connectivity index (χ1v) is 13.0. The lowest BCUT2D eigenvalue weighted by atomic mass is 10.00.